The van der Waals surface area contributed by atoms with Gasteiger partial charge in [-0.3, -0.25) is 4.57 Å². The molecule has 0 N–H and O–H groups in total. The molecule has 0 atom stereocenters. The predicted octanol–water partition coefficient (Wildman–Crippen LogP) is 11.8. The third-order valence-corrected chi connectivity index (χ3v) is 10.8. The minimum atomic E-state index is -0.314. The van der Waals surface area contributed by atoms with Crippen LogP contribution in [0.25, 0.3) is 93.8 Å². The van der Waals surface area contributed by atoms with E-state index in [-0.39, 0.29) is 5.41 Å². The van der Waals surface area contributed by atoms with Crippen LogP contribution in [0, 0.1) is 0 Å². The van der Waals surface area contributed by atoms with Crippen molar-refractivity contribution < 1.29 is 4.42 Å². The fraction of sp³-hybridized carbons (Fsp3) is 0.0667. The Labute approximate surface area is 281 Å². The Bertz CT molecular complexity index is 3030. The number of furan rings is 1. The number of nitrogens with zero attached hydrogens (tertiary/aromatic N) is 3. The van der Waals surface area contributed by atoms with Crippen LogP contribution in [0.5, 0.6) is 0 Å². The van der Waals surface area contributed by atoms with E-state index in [0.29, 0.717) is 5.95 Å². The summed E-state index contributed by atoms with van der Waals surface area (Å²) in [5.41, 5.74) is 10.2. The van der Waals surface area contributed by atoms with Crippen molar-refractivity contribution in [3.8, 4) is 28.5 Å². The molecule has 4 nitrogen and oxygen atoms in total. The van der Waals surface area contributed by atoms with Crippen LogP contribution < -0.4 is 0 Å². The summed E-state index contributed by atoms with van der Waals surface area (Å²) in [6, 6.07) is 49.7. The lowest BCUT2D eigenvalue weighted by Crippen LogP contribution is -2.18. The highest BCUT2D eigenvalue weighted by Crippen LogP contribution is 2.52. The van der Waals surface area contributed by atoms with Gasteiger partial charge in [0.2, 0.25) is 5.95 Å². The molecular formula is C45H29N3O. The van der Waals surface area contributed by atoms with Gasteiger partial charge in [-0.05, 0) is 46.0 Å². The average molecular weight is 628 g/mol. The molecule has 0 saturated carbocycles. The van der Waals surface area contributed by atoms with E-state index in [2.05, 4.69) is 146 Å². The van der Waals surface area contributed by atoms with Gasteiger partial charge in [-0.25, -0.2) is 9.97 Å². The van der Waals surface area contributed by atoms with Gasteiger partial charge in [-0.1, -0.05) is 129 Å². The van der Waals surface area contributed by atoms with E-state index >= 15 is 0 Å². The summed E-state index contributed by atoms with van der Waals surface area (Å²) in [4.78, 5) is 11.2. The average Bonchev–Trinajstić information content (AvgIpc) is 3.76. The fourth-order valence-corrected chi connectivity index (χ4v) is 8.54. The van der Waals surface area contributed by atoms with Crippen molar-refractivity contribution in [2.75, 3.05) is 0 Å². The lowest BCUT2D eigenvalue weighted by molar-refractivity contribution is 0.656. The Kier molecular flexibility index (Phi) is 5.15. The van der Waals surface area contributed by atoms with Gasteiger partial charge >= 0.3 is 0 Å². The summed E-state index contributed by atoms with van der Waals surface area (Å²) in [6.07, 6.45) is 0. The number of benzene rings is 7. The molecule has 1 aliphatic rings. The van der Waals surface area contributed by atoms with E-state index in [1.165, 1.54) is 37.9 Å². The highest BCUT2D eigenvalue weighted by Gasteiger charge is 2.40. The molecule has 7 aromatic carbocycles. The zero-order valence-electron chi connectivity index (χ0n) is 27.0. The van der Waals surface area contributed by atoms with Crippen molar-refractivity contribution in [1.29, 1.82) is 0 Å². The van der Waals surface area contributed by atoms with E-state index in [9.17, 15) is 0 Å². The summed E-state index contributed by atoms with van der Waals surface area (Å²) in [5.74, 6) is 0.665. The van der Waals surface area contributed by atoms with Crippen molar-refractivity contribution in [2.45, 2.75) is 19.3 Å². The summed E-state index contributed by atoms with van der Waals surface area (Å²) in [7, 11) is 0. The Hall–Kier alpha value is -6.26. The molecule has 4 heteroatoms. The minimum absolute atomic E-state index is 0.314. The highest BCUT2D eigenvalue weighted by molar-refractivity contribution is 6.20. The van der Waals surface area contributed by atoms with Crippen LogP contribution >= 0.6 is 0 Å². The maximum Gasteiger partial charge on any atom is 0.235 e. The smallest absolute Gasteiger partial charge is 0.235 e. The van der Waals surface area contributed by atoms with Crippen LogP contribution in [0.1, 0.15) is 25.0 Å². The number of para-hydroxylation sites is 1. The second-order valence-corrected chi connectivity index (χ2v) is 13.8. The van der Waals surface area contributed by atoms with E-state index in [1.54, 1.807) is 0 Å². The number of hydrogen-bond donors (Lipinski definition) is 0. The third kappa shape index (κ3) is 3.53. The molecule has 0 fully saturated rings. The summed E-state index contributed by atoms with van der Waals surface area (Å²) in [5, 5.41) is 9.31. The van der Waals surface area contributed by atoms with Crippen LogP contribution in [-0.4, -0.2) is 14.5 Å². The van der Waals surface area contributed by atoms with Gasteiger partial charge < -0.3 is 4.42 Å². The van der Waals surface area contributed by atoms with E-state index in [4.69, 9.17) is 14.4 Å². The molecule has 10 aromatic rings. The van der Waals surface area contributed by atoms with Crippen LogP contribution in [0.3, 0.4) is 0 Å². The molecule has 1 aliphatic carbocycles. The zero-order chi connectivity index (χ0) is 32.4. The molecule has 230 valence electrons. The molecule has 0 amide bonds. The number of rotatable bonds is 2. The number of fused-ring (bicyclic) bond motifs is 12. The second-order valence-electron chi connectivity index (χ2n) is 13.8. The van der Waals surface area contributed by atoms with Crippen molar-refractivity contribution in [2.24, 2.45) is 0 Å². The lowest BCUT2D eigenvalue weighted by Gasteiger charge is -2.24. The van der Waals surface area contributed by atoms with Gasteiger partial charge in [-0.2, -0.15) is 0 Å². The van der Waals surface area contributed by atoms with Crippen molar-refractivity contribution >= 4 is 65.3 Å². The van der Waals surface area contributed by atoms with Crippen LogP contribution in [-0.2, 0) is 5.41 Å². The van der Waals surface area contributed by atoms with E-state index in [0.717, 1.165) is 61.1 Å². The topological polar surface area (TPSA) is 43.9 Å². The van der Waals surface area contributed by atoms with Gasteiger partial charge in [0, 0.05) is 49.0 Å². The molecule has 0 spiro atoms. The van der Waals surface area contributed by atoms with Gasteiger partial charge in [0.25, 0.3) is 0 Å². The molecule has 0 saturated heterocycles. The number of aromatic nitrogens is 3. The van der Waals surface area contributed by atoms with E-state index in [1.807, 2.05) is 12.1 Å². The van der Waals surface area contributed by atoms with Gasteiger partial charge in [0.05, 0.1) is 22.4 Å². The first-order valence-corrected chi connectivity index (χ1v) is 16.8. The fourth-order valence-electron chi connectivity index (χ4n) is 8.54. The summed E-state index contributed by atoms with van der Waals surface area (Å²) >= 11 is 0. The normalized spacial score (nSPS) is 13.7. The largest absolute Gasteiger partial charge is 0.456 e. The third-order valence-electron chi connectivity index (χ3n) is 10.8. The van der Waals surface area contributed by atoms with Crippen molar-refractivity contribution in [3.63, 3.8) is 0 Å². The highest BCUT2D eigenvalue weighted by atomic mass is 16.3. The first-order chi connectivity index (χ1) is 24.1. The summed E-state index contributed by atoms with van der Waals surface area (Å²) in [6.45, 7) is 4.61. The molecule has 0 radical (unpaired) electrons. The quantitative estimate of drug-likeness (QED) is 0.192. The zero-order valence-corrected chi connectivity index (χ0v) is 27.0. The lowest BCUT2D eigenvalue weighted by atomic mass is 9.80. The molecule has 0 unspecified atom stereocenters. The first kappa shape index (κ1) is 26.8. The number of hydrogen-bond acceptors (Lipinski definition) is 3. The van der Waals surface area contributed by atoms with Crippen LogP contribution in [0.15, 0.2) is 144 Å². The Morgan fingerprint density at radius 1 is 0.531 bits per heavy atom. The van der Waals surface area contributed by atoms with Crippen molar-refractivity contribution in [3.05, 3.63) is 151 Å². The molecular weight excluding hydrogens is 599 g/mol. The molecule has 11 rings (SSSR count). The Balaban J connectivity index is 1.35. The molecule has 49 heavy (non-hydrogen) atoms. The van der Waals surface area contributed by atoms with Crippen LogP contribution in [0.2, 0.25) is 0 Å². The standard InChI is InChI=1S/C45H29N3O/c1-45(2)35-19-9-7-16-31(35)41-40(45)42(33-18-11-21-38-39(33)32-17-8-10-20-37(32)49-38)47-44(46-41)48-36-25-28-14-4-3-13-27(28)24-34(36)30-23-22-26-12-5-6-15-29(26)43(30)48/h3-25H,1-2H3. The maximum atomic E-state index is 6.41. The summed E-state index contributed by atoms with van der Waals surface area (Å²) < 4.78 is 8.72. The van der Waals surface area contributed by atoms with Gasteiger partial charge in [-0.15, -0.1) is 0 Å². The molecule has 3 aromatic heterocycles. The SMILES string of the molecule is CC1(C)c2ccccc2-c2nc(-n3c4cc5ccccc5cc4c4ccc5ccccc5c43)nc(-c3cccc4oc5ccccc5c34)c21. The monoisotopic (exact) mass is 627 g/mol. The maximum absolute atomic E-state index is 6.41. The molecule has 3 heterocycles. The molecule has 0 aliphatic heterocycles. The van der Waals surface area contributed by atoms with Gasteiger partial charge in [0.1, 0.15) is 11.2 Å². The van der Waals surface area contributed by atoms with Crippen molar-refractivity contribution in [1.82, 2.24) is 14.5 Å². The minimum Gasteiger partial charge on any atom is -0.456 e. The second kappa shape index (κ2) is 9.42. The molecule has 0 bridgehead atoms. The van der Waals surface area contributed by atoms with Crippen LogP contribution in [0.4, 0.5) is 0 Å². The predicted molar refractivity (Wildman–Crippen MR) is 202 cm³/mol. The Morgan fingerprint density at radius 2 is 1.18 bits per heavy atom. The van der Waals surface area contributed by atoms with Gasteiger partial charge in [0.15, 0.2) is 0 Å². The van der Waals surface area contributed by atoms with E-state index < -0.39 is 0 Å². The first-order valence-electron chi connectivity index (χ1n) is 16.8. The Morgan fingerprint density at radius 3 is 2.04 bits per heavy atom.